The zero-order valence-electron chi connectivity index (χ0n) is 14.4. The topological polar surface area (TPSA) is 46.3 Å². The highest BCUT2D eigenvalue weighted by Gasteiger charge is 2.40. The van der Waals surface area contributed by atoms with Crippen LogP contribution < -0.4 is 5.73 Å². The standard InChI is InChI=1S/C19H30N2O/c1-14(2)17(20)11-13-21(4)18(22)19(3)12-7-9-15-8-5-6-10-16(15)19/h5-6,8,10,14,17H,7,9,11-13,20H2,1-4H3. The van der Waals surface area contributed by atoms with E-state index >= 15 is 0 Å². The van der Waals surface area contributed by atoms with Crippen molar-refractivity contribution in [1.29, 1.82) is 0 Å². The van der Waals surface area contributed by atoms with E-state index < -0.39 is 0 Å². The van der Waals surface area contributed by atoms with Crippen LogP contribution in [-0.2, 0) is 16.6 Å². The van der Waals surface area contributed by atoms with E-state index in [2.05, 4.69) is 39.0 Å². The molecule has 1 aromatic carbocycles. The van der Waals surface area contributed by atoms with Crippen molar-refractivity contribution < 1.29 is 4.79 Å². The fourth-order valence-corrected chi connectivity index (χ4v) is 3.46. The van der Waals surface area contributed by atoms with E-state index in [-0.39, 0.29) is 17.4 Å². The van der Waals surface area contributed by atoms with Gasteiger partial charge in [-0.25, -0.2) is 0 Å². The molecule has 0 radical (unpaired) electrons. The van der Waals surface area contributed by atoms with Crippen LogP contribution in [0.4, 0.5) is 0 Å². The van der Waals surface area contributed by atoms with Gasteiger partial charge < -0.3 is 10.6 Å². The summed E-state index contributed by atoms with van der Waals surface area (Å²) >= 11 is 0. The minimum absolute atomic E-state index is 0.154. The Bertz CT molecular complexity index is 526. The van der Waals surface area contributed by atoms with Gasteiger partial charge in [-0.15, -0.1) is 0 Å². The molecule has 1 aliphatic rings. The molecule has 2 N–H and O–H groups in total. The second-order valence-electron chi connectivity index (χ2n) is 7.27. The number of amides is 1. The maximum atomic E-state index is 13.1. The highest BCUT2D eigenvalue weighted by molar-refractivity contribution is 5.88. The number of fused-ring (bicyclic) bond motifs is 1. The number of hydrogen-bond acceptors (Lipinski definition) is 2. The molecule has 2 rings (SSSR count). The Hall–Kier alpha value is -1.35. The molecule has 0 fully saturated rings. The smallest absolute Gasteiger partial charge is 0.232 e. The van der Waals surface area contributed by atoms with Crippen LogP contribution in [0.3, 0.4) is 0 Å². The number of likely N-dealkylation sites (N-methyl/N-ethyl adjacent to an activating group) is 1. The third-order valence-electron chi connectivity index (χ3n) is 5.21. The molecule has 0 aliphatic heterocycles. The Morgan fingerprint density at radius 1 is 1.36 bits per heavy atom. The van der Waals surface area contributed by atoms with E-state index in [0.29, 0.717) is 5.92 Å². The van der Waals surface area contributed by atoms with Crippen LogP contribution in [0.1, 0.15) is 51.2 Å². The average molecular weight is 302 g/mol. The summed E-state index contributed by atoms with van der Waals surface area (Å²) in [6.07, 6.45) is 3.96. The van der Waals surface area contributed by atoms with Gasteiger partial charge in [-0.3, -0.25) is 4.79 Å². The van der Waals surface area contributed by atoms with Crippen LogP contribution in [0.5, 0.6) is 0 Å². The highest BCUT2D eigenvalue weighted by Crippen LogP contribution is 2.38. The number of carbonyl (C=O) groups excluding carboxylic acids is 1. The average Bonchev–Trinajstić information content (AvgIpc) is 2.51. The summed E-state index contributed by atoms with van der Waals surface area (Å²) in [7, 11) is 1.91. The van der Waals surface area contributed by atoms with E-state index in [9.17, 15) is 4.79 Å². The van der Waals surface area contributed by atoms with E-state index in [1.54, 1.807) is 0 Å². The van der Waals surface area contributed by atoms with E-state index in [1.165, 1.54) is 11.1 Å². The molecule has 1 aromatic rings. The van der Waals surface area contributed by atoms with E-state index in [4.69, 9.17) is 5.73 Å². The molecule has 0 saturated heterocycles. The molecule has 3 heteroatoms. The third kappa shape index (κ3) is 3.35. The number of aryl methyl sites for hydroxylation is 1. The van der Waals surface area contributed by atoms with Crippen molar-refractivity contribution in [2.45, 2.75) is 57.9 Å². The molecule has 0 bridgehead atoms. The molecule has 0 heterocycles. The van der Waals surface area contributed by atoms with Gasteiger partial charge >= 0.3 is 0 Å². The van der Waals surface area contributed by atoms with Crippen molar-refractivity contribution in [3.05, 3.63) is 35.4 Å². The molecular formula is C19H30N2O. The SMILES string of the molecule is CC(C)C(N)CCN(C)C(=O)C1(C)CCCc2ccccc21. The monoisotopic (exact) mass is 302 g/mol. The Labute approximate surface area is 134 Å². The minimum atomic E-state index is -0.383. The number of nitrogens with two attached hydrogens (primary N) is 1. The molecule has 0 aromatic heterocycles. The quantitative estimate of drug-likeness (QED) is 0.908. The molecular weight excluding hydrogens is 272 g/mol. The van der Waals surface area contributed by atoms with Gasteiger partial charge in [0, 0.05) is 19.6 Å². The molecule has 1 aliphatic carbocycles. The van der Waals surface area contributed by atoms with E-state index in [1.807, 2.05) is 18.0 Å². The second-order valence-corrected chi connectivity index (χ2v) is 7.27. The number of rotatable bonds is 5. The number of benzene rings is 1. The predicted octanol–water partition coefficient (Wildman–Crippen LogP) is 3.11. The number of carbonyl (C=O) groups is 1. The lowest BCUT2D eigenvalue weighted by Crippen LogP contribution is -2.46. The molecule has 22 heavy (non-hydrogen) atoms. The molecule has 0 saturated carbocycles. The maximum Gasteiger partial charge on any atom is 0.232 e. The van der Waals surface area contributed by atoms with Crippen LogP contribution in [0.15, 0.2) is 24.3 Å². The zero-order valence-corrected chi connectivity index (χ0v) is 14.4. The van der Waals surface area contributed by atoms with Gasteiger partial charge in [0.05, 0.1) is 5.41 Å². The van der Waals surface area contributed by atoms with Crippen LogP contribution in [0.2, 0.25) is 0 Å². The van der Waals surface area contributed by atoms with Gasteiger partial charge in [0.2, 0.25) is 5.91 Å². The van der Waals surface area contributed by atoms with Crippen LogP contribution >= 0.6 is 0 Å². The van der Waals surface area contributed by atoms with Crippen LogP contribution in [0.25, 0.3) is 0 Å². The van der Waals surface area contributed by atoms with E-state index in [0.717, 1.165) is 32.2 Å². The number of nitrogens with zero attached hydrogens (tertiary/aromatic N) is 1. The molecule has 3 nitrogen and oxygen atoms in total. The van der Waals surface area contributed by atoms with Crippen LogP contribution in [-0.4, -0.2) is 30.4 Å². The lowest BCUT2D eigenvalue weighted by molar-refractivity contribution is -0.136. The summed E-state index contributed by atoms with van der Waals surface area (Å²) in [6.45, 7) is 7.10. The molecule has 2 atom stereocenters. The van der Waals surface area contributed by atoms with Gasteiger partial charge in [0.1, 0.15) is 0 Å². The summed E-state index contributed by atoms with van der Waals surface area (Å²) in [4.78, 5) is 14.9. The Morgan fingerprint density at radius 3 is 2.73 bits per heavy atom. The lowest BCUT2D eigenvalue weighted by Gasteiger charge is -2.38. The zero-order chi connectivity index (χ0) is 16.3. The third-order valence-corrected chi connectivity index (χ3v) is 5.21. The summed E-state index contributed by atoms with van der Waals surface area (Å²) < 4.78 is 0. The number of hydrogen-bond donors (Lipinski definition) is 1. The lowest BCUT2D eigenvalue weighted by atomic mass is 9.70. The minimum Gasteiger partial charge on any atom is -0.345 e. The summed E-state index contributed by atoms with van der Waals surface area (Å²) in [5.74, 6) is 0.685. The Morgan fingerprint density at radius 2 is 2.05 bits per heavy atom. The molecule has 122 valence electrons. The predicted molar refractivity (Wildman–Crippen MR) is 91.8 cm³/mol. The van der Waals surface area contributed by atoms with Crippen LogP contribution in [0, 0.1) is 5.92 Å². The Balaban J connectivity index is 2.12. The first-order valence-corrected chi connectivity index (χ1v) is 8.46. The van der Waals surface area contributed by atoms with Crippen molar-refractivity contribution >= 4 is 5.91 Å². The fraction of sp³-hybridized carbons (Fsp3) is 0.632. The first kappa shape index (κ1) is 17.0. The molecule has 1 amide bonds. The normalized spacial score (nSPS) is 22.3. The summed E-state index contributed by atoms with van der Waals surface area (Å²) in [6, 6.07) is 8.56. The van der Waals surface area contributed by atoms with Crippen molar-refractivity contribution in [3.63, 3.8) is 0 Å². The fourth-order valence-electron chi connectivity index (χ4n) is 3.46. The summed E-state index contributed by atoms with van der Waals surface area (Å²) in [5, 5.41) is 0. The second kappa shape index (κ2) is 6.82. The largest absolute Gasteiger partial charge is 0.345 e. The van der Waals surface area contributed by atoms with Gasteiger partial charge in [-0.2, -0.15) is 0 Å². The van der Waals surface area contributed by atoms with Crippen molar-refractivity contribution in [2.24, 2.45) is 11.7 Å². The Kier molecular flexibility index (Phi) is 5.28. The molecule has 2 unspecified atom stereocenters. The van der Waals surface area contributed by atoms with Crippen molar-refractivity contribution in [2.75, 3.05) is 13.6 Å². The van der Waals surface area contributed by atoms with Gasteiger partial charge in [0.15, 0.2) is 0 Å². The molecule has 0 spiro atoms. The highest BCUT2D eigenvalue weighted by atomic mass is 16.2. The van der Waals surface area contributed by atoms with Crippen molar-refractivity contribution in [1.82, 2.24) is 4.90 Å². The summed E-state index contributed by atoms with van der Waals surface area (Å²) in [5.41, 5.74) is 8.28. The van der Waals surface area contributed by atoms with Gasteiger partial charge in [-0.05, 0) is 49.7 Å². The van der Waals surface area contributed by atoms with Crippen molar-refractivity contribution in [3.8, 4) is 0 Å². The van der Waals surface area contributed by atoms with Gasteiger partial charge in [-0.1, -0.05) is 38.1 Å². The maximum absolute atomic E-state index is 13.1. The first-order valence-electron chi connectivity index (χ1n) is 8.46. The first-order chi connectivity index (χ1) is 10.4. The van der Waals surface area contributed by atoms with Gasteiger partial charge in [0.25, 0.3) is 0 Å².